The van der Waals surface area contributed by atoms with Gasteiger partial charge in [0.25, 0.3) is 11.1 Å². The van der Waals surface area contributed by atoms with Gasteiger partial charge in [0, 0.05) is 5.02 Å². The van der Waals surface area contributed by atoms with Crippen LogP contribution in [0, 0.1) is 7.14 Å². The maximum absolute atomic E-state index is 12.7. The van der Waals surface area contributed by atoms with E-state index in [0.717, 1.165) is 40.7 Å². The SMILES string of the molecule is COC(=O)[C@H](C)N1C(=O)S/C(=C/c2cc(I)c(OCc3ccc(Cl)cc3)c(I)c2)C1=O. The summed E-state index contributed by atoms with van der Waals surface area (Å²) in [5.74, 6) is -0.420. The number of ether oxygens (including phenoxy) is 2. The fourth-order valence-electron chi connectivity index (χ4n) is 2.78. The number of esters is 1. The van der Waals surface area contributed by atoms with E-state index in [1.165, 1.54) is 14.0 Å². The molecule has 0 saturated carbocycles. The number of carbonyl (C=O) groups is 3. The van der Waals surface area contributed by atoms with Crippen molar-refractivity contribution in [3.05, 3.63) is 64.6 Å². The van der Waals surface area contributed by atoms with E-state index in [9.17, 15) is 14.4 Å². The molecule has 2 aromatic rings. The monoisotopic (exact) mass is 683 g/mol. The largest absolute Gasteiger partial charge is 0.487 e. The van der Waals surface area contributed by atoms with Crippen LogP contribution >= 0.6 is 68.5 Å². The number of halogens is 3. The van der Waals surface area contributed by atoms with E-state index in [1.807, 2.05) is 36.4 Å². The highest BCUT2D eigenvalue weighted by Crippen LogP contribution is 2.36. The predicted molar refractivity (Wildman–Crippen MR) is 137 cm³/mol. The molecule has 10 heteroatoms. The summed E-state index contributed by atoms with van der Waals surface area (Å²) in [5, 5.41) is 0.170. The standard InChI is InChI=1S/C21H16ClI2NO5S/c1-11(20(27)29-2)25-19(26)17(31-21(25)28)9-13-7-15(23)18(16(24)8-13)30-10-12-3-5-14(22)6-4-12/h3-9,11H,10H2,1-2H3/b17-9+/t11-/m0/s1. The van der Waals surface area contributed by atoms with Gasteiger partial charge in [-0.25, -0.2) is 4.79 Å². The second-order valence-corrected chi connectivity index (χ2v) is 10.2. The molecule has 0 bridgehead atoms. The molecule has 1 aliphatic rings. The zero-order valence-electron chi connectivity index (χ0n) is 16.4. The lowest BCUT2D eigenvalue weighted by molar-refractivity contribution is -0.148. The molecule has 2 amide bonds. The van der Waals surface area contributed by atoms with Crippen molar-refractivity contribution in [2.75, 3.05) is 7.11 Å². The molecule has 1 aliphatic heterocycles. The third-order valence-corrected chi connectivity index (χ3v) is 7.11. The third-order valence-electron chi connectivity index (χ3n) is 4.37. The van der Waals surface area contributed by atoms with Crippen LogP contribution in [0.25, 0.3) is 6.08 Å². The number of methoxy groups -OCH3 is 1. The normalized spacial score (nSPS) is 16.0. The Morgan fingerprint density at radius 3 is 2.39 bits per heavy atom. The average molecular weight is 684 g/mol. The Hall–Kier alpha value is -1.31. The Bertz CT molecular complexity index is 1050. The van der Waals surface area contributed by atoms with Crippen LogP contribution in [-0.4, -0.2) is 35.2 Å². The summed E-state index contributed by atoms with van der Waals surface area (Å²) in [5.41, 5.74) is 1.75. The number of benzene rings is 2. The molecule has 0 aromatic heterocycles. The van der Waals surface area contributed by atoms with Crippen LogP contribution in [0.15, 0.2) is 41.3 Å². The number of hydrogen-bond acceptors (Lipinski definition) is 6. The Labute approximate surface area is 215 Å². The highest BCUT2D eigenvalue weighted by atomic mass is 127. The van der Waals surface area contributed by atoms with E-state index in [2.05, 4.69) is 49.9 Å². The molecular formula is C21H16ClI2NO5S. The van der Waals surface area contributed by atoms with Gasteiger partial charge in [0.2, 0.25) is 0 Å². The fourth-order valence-corrected chi connectivity index (χ4v) is 5.94. The first-order chi connectivity index (χ1) is 14.7. The van der Waals surface area contributed by atoms with Crippen molar-refractivity contribution in [2.24, 2.45) is 0 Å². The highest BCUT2D eigenvalue weighted by Gasteiger charge is 2.41. The minimum Gasteiger partial charge on any atom is -0.487 e. The molecule has 2 aromatic carbocycles. The summed E-state index contributed by atoms with van der Waals surface area (Å²) >= 11 is 11.1. The minimum absolute atomic E-state index is 0.252. The zero-order valence-corrected chi connectivity index (χ0v) is 22.2. The van der Waals surface area contributed by atoms with Gasteiger partial charge in [-0.15, -0.1) is 0 Å². The quantitative estimate of drug-likeness (QED) is 0.220. The Balaban J connectivity index is 1.78. The Morgan fingerprint density at radius 1 is 1.19 bits per heavy atom. The second kappa shape index (κ2) is 10.5. The molecule has 1 atom stereocenters. The lowest BCUT2D eigenvalue weighted by Gasteiger charge is -2.18. The molecule has 31 heavy (non-hydrogen) atoms. The van der Waals surface area contributed by atoms with Gasteiger partial charge >= 0.3 is 5.97 Å². The van der Waals surface area contributed by atoms with Crippen molar-refractivity contribution < 1.29 is 23.9 Å². The van der Waals surface area contributed by atoms with Gasteiger partial charge < -0.3 is 9.47 Å². The summed E-state index contributed by atoms with van der Waals surface area (Å²) in [6.45, 7) is 1.86. The number of nitrogens with zero attached hydrogens (tertiary/aromatic N) is 1. The molecule has 0 aliphatic carbocycles. The van der Waals surface area contributed by atoms with E-state index in [4.69, 9.17) is 16.3 Å². The van der Waals surface area contributed by atoms with Gasteiger partial charge in [-0.3, -0.25) is 14.5 Å². The lowest BCUT2D eigenvalue weighted by atomic mass is 10.2. The van der Waals surface area contributed by atoms with Crippen LogP contribution in [-0.2, 0) is 20.9 Å². The van der Waals surface area contributed by atoms with Crippen molar-refractivity contribution in [1.82, 2.24) is 4.90 Å². The summed E-state index contributed by atoms with van der Waals surface area (Å²) in [4.78, 5) is 37.9. The second-order valence-electron chi connectivity index (χ2n) is 6.48. The molecule has 0 N–H and O–H groups in total. The van der Waals surface area contributed by atoms with Crippen LogP contribution in [0.5, 0.6) is 5.75 Å². The van der Waals surface area contributed by atoms with Crippen molar-refractivity contribution in [1.29, 1.82) is 0 Å². The van der Waals surface area contributed by atoms with Crippen LogP contribution in [0.2, 0.25) is 5.02 Å². The number of carbonyl (C=O) groups excluding carboxylic acids is 3. The van der Waals surface area contributed by atoms with Gasteiger partial charge in [0.1, 0.15) is 18.4 Å². The highest BCUT2D eigenvalue weighted by molar-refractivity contribution is 14.1. The Kier molecular flexibility index (Phi) is 8.27. The average Bonchev–Trinajstić information content (AvgIpc) is 3.00. The number of thioether (sulfide) groups is 1. The zero-order chi connectivity index (χ0) is 22.7. The Morgan fingerprint density at radius 2 is 1.81 bits per heavy atom. The van der Waals surface area contributed by atoms with E-state index in [1.54, 1.807) is 6.08 Å². The van der Waals surface area contributed by atoms with Crippen molar-refractivity contribution in [2.45, 2.75) is 19.6 Å². The molecule has 0 spiro atoms. The smallest absolute Gasteiger partial charge is 0.328 e. The van der Waals surface area contributed by atoms with Gasteiger partial charge in [-0.05, 0) is 105 Å². The molecule has 3 rings (SSSR count). The van der Waals surface area contributed by atoms with Gasteiger partial charge in [0.05, 0.1) is 19.2 Å². The first-order valence-electron chi connectivity index (χ1n) is 8.92. The molecule has 0 radical (unpaired) electrons. The molecule has 1 fully saturated rings. The number of hydrogen-bond donors (Lipinski definition) is 0. The van der Waals surface area contributed by atoms with Gasteiger partial charge in [-0.2, -0.15) is 0 Å². The maximum Gasteiger partial charge on any atom is 0.328 e. The van der Waals surface area contributed by atoms with E-state index in [0.29, 0.717) is 11.6 Å². The number of amides is 2. The van der Waals surface area contributed by atoms with Crippen molar-refractivity contribution in [3.8, 4) is 5.75 Å². The van der Waals surface area contributed by atoms with Crippen LogP contribution < -0.4 is 4.74 Å². The molecule has 0 unspecified atom stereocenters. The molecular weight excluding hydrogens is 668 g/mol. The topological polar surface area (TPSA) is 72.9 Å². The fraction of sp³-hybridized carbons (Fsp3) is 0.190. The first kappa shape index (κ1) is 24.3. The maximum atomic E-state index is 12.7. The van der Waals surface area contributed by atoms with Crippen molar-refractivity contribution >= 4 is 91.7 Å². The van der Waals surface area contributed by atoms with Gasteiger partial charge in [-0.1, -0.05) is 23.7 Å². The predicted octanol–water partition coefficient (Wildman–Crippen LogP) is 5.73. The third kappa shape index (κ3) is 5.74. The van der Waals surface area contributed by atoms with Gasteiger partial charge in [0.15, 0.2) is 0 Å². The minimum atomic E-state index is -0.979. The van der Waals surface area contributed by atoms with Crippen LogP contribution in [0.4, 0.5) is 4.79 Å². The summed E-state index contributed by atoms with van der Waals surface area (Å²) in [7, 11) is 1.22. The molecule has 1 saturated heterocycles. The molecule has 1 heterocycles. The van der Waals surface area contributed by atoms with Crippen LogP contribution in [0.1, 0.15) is 18.1 Å². The number of rotatable bonds is 6. The summed E-state index contributed by atoms with van der Waals surface area (Å²) in [6.07, 6.45) is 1.64. The van der Waals surface area contributed by atoms with E-state index < -0.39 is 23.2 Å². The van der Waals surface area contributed by atoms with E-state index in [-0.39, 0.29) is 4.91 Å². The first-order valence-corrected chi connectivity index (χ1v) is 12.3. The summed E-state index contributed by atoms with van der Waals surface area (Å²) in [6, 6.07) is 10.2. The molecule has 6 nitrogen and oxygen atoms in total. The number of imide groups is 1. The van der Waals surface area contributed by atoms with E-state index >= 15 is 0 Å². The van der Waals surface area contributed by atoms with Crippen molar-refractivity contribution in [3.63, 3.8) is 0 Å². The molecule has 162 valence electrons. The van der Waals surface area contributed by atoms with Crippen LogP contribution in [0.3, 0.4) is 0 Å². The lowest BCUT2D eigenvalue weighted by Crippen LogP contribution is -2.42. The summed E-state index contributed by atoms with van der Waals surface area (Å²) < 4.78 is 12.4.